The molecule has 1 aromatic carbocycles. The van der Waals surface area contributed by atoms with E-state index in [1.165, 1.54) is 33.4 Å². The summed E-state index contributed by atoms with van der Waals surface area (Å²) in [6.07, 6.45) is 0. The van der Waals surface area contributed by atoms with Gasteiger partial charge < -0.3 is 0 Å². The molecule has 98 valence electrons. The predicted octanol–water partition coefficient (Wildman–Crippen LogP) is 2.49. The molecule has 2 heterocycles. The molecular weight excluding hydrogens is 280 g/mol. The molecule has 2 aromatic heterocycles. The van der Waals surface area contributed by atoms with E-state index in [0.29, 0.717) is 17.5 Å². The molecule has 0 saturated heterocycles. The Balaban J connectivity index is 1.84. The van der Waals surface area contributed by atoms with Crippen LogP contribution in [0.1, 0.15) is 12.6 Å². The summed E-state index contributed by atoms with van der Waals surface area (Å²) in [4.78, 5) is 11.5. The van der Waals surface area contributed by atoms with E-state index in [4.69, 9.17) is 0 Å². The largest absolute Gasteiger partial charge is 0.343 e. The zero-order chi connectivity index (χ0) is 13.2. The van der Waals surface area contributed by atoms with Crippen LogP contribution in [0.15, 0.2) is 34.2 Å². The van der Waals surface area contributed by atoms with Crippen LogP contribution in [0, 0.1) is 0 Å². The van der Waals surface area contributed by atoms with Gasteiger partial charge in [-0.05, 0) is 24.5 Å². The summed E-state index contributed by atoms with van der Waals surface area (Å²) in [5.41, 5.74) is 0.886. The Kier molecular flexibility index (Phi) is 3.39. The van der Waals surface area contributed by atoms with Gasteiger partial charge in [-0.1, -0.05) is 30.0 Å². The highest BCUT2D eigenvalue weighted by molar-refractivity contribution is 7.98. The maximum absolute atomic E-state index is 11.5. The molecule has 0 fully saturated rings. The van der Waals surface area contributed by atoms with Crippen LogP contribution in [0.4, 0.5) is 0 Å². The smallest absolute Gasteiger partial charge is 0.270 e. The van der Waals surface area contributed by atoms with Crippen LogP contribution in [0.3, 0.4) is 0 Å². The Morgan fingerprint density at radius 3 is 3.11 bits per heavy atom. The maximum Gasteiger partial charge on any atom is 0.343 e. The van der Waals surface area contributed by atoms with Gasteiger partial charge in [0.05, 0.1) is 10.4 Å². The van der Waals surface area contributed by atoms with Crippen LogP contribution in [0.5, 0.6) is 0 Å². The third-order valence-electron chi connectivity index (χ3n) is 2.83. The van der Waals surface area contributed by atoms with E-state index in [2.05, 4.69) is 26.7 Å². The van der Waals surface area contributed by atoms with Gasteiger partial charge in [-0.2, -0.15) is 4.37 Å². The lowest BCUT2D eigenvalue weighted by Gasteiger charge is -2.00. The number of fused-ring (bicyclic) bond motifs is 1. The van der Waals surface area contributed by atoms with Crippen molar-refractivity contribution in [1.29, 1.82) is 0 Å². The van der Waals surface area contributed by atoms with Crippen LogP contribution < -0.4 is 5.69 Å². The van der Waals surface area contributed by atoms with Crippen LogP contribution >= 0.6 is 23.3 Å². The Bertz CT molecular complexity index is 758. The first kappa shape index (κ1) is 12.4. The van der Waals surface area contributed by atoms with Crippen LogP contribution in [0.2, 0.25) is 0 Å². The van der Waals surface area contributed by atoms with Gasteiger partial charge in [-0.15, -0.1) is 5.10 Å². The summed E-state index contributed by atoms with van der Waals surface area (Å²) < 4.78 is 7.28. The van der Waals surface area contributed by atoms with Gasteiger partial charge in [0.1, 0.15) is 0 Å². The molecule has 3 rings (SSSR count). The highest BCUT2D eigenvalue weighted by Crippen LogP contribution is 2.27. The molecule has 0 unspecified atom stereocenters. The summed E-state index contributed by atoms with van der Waals surface area (Å²) in [6, 6.07) is 8.17. The van der Waals surface area contributed by atoms with Gasteiger partial charge in [0.2, 0.25) is 0 Å². The van der Waals surface area contributed by atoms with Crippen molar-refractivity contribution in [3.8, 4) is 0 Å². The van der Waals surface area contributed by atoms with Crippen molar-refractivity contribution in [3.63, 3.8) is 0 Å². The van der Waals surface area contributed by atoms with E-state index in [0.717, 1.165) is 5.69 Å². The summed E-state index contributed by atoms with van der Waals surface area (Å²) in [6.45, 7) is 2.55. The van der Waals surface area contributed by atoms with Crippen molar-refractivity contribution in [2.75, 3.05) is 0 Å². The van der Waals surface area contributed by atoms with Gasteiger partial charge in [0.15, 0.2) is 5.16 Å². The molecule has 0 saturated carbocycles. The van der Waals surface area contributed by atoms with Crippen molar-refractivity contribution in [2.45, 2.75) is 24.4 Å². The zero-order valence-electron chi connectivity index (χ0n) is 10.3. The number of nitrogens with zero attached hydrogens (tertiary/aromatic N) is 3. The summed E-state index contributed by atoms with van der Waals surface area (Å²) in [5.74, 6) is 0.717. The monoisotopic (exact) mass is 292 g/mol. The topological polar surface area (TPSA) is 63.6 Å². The number of aromatic amines is 1. The highest BCUT2D eigenvalue weighted by atomic mass is 32.2. The minimum atomic E-state index is -0.159. The number of aromatic nitrogens is 4. The number of nitrogens with one attached hydrogen (secondary N) is 1. The molecule has 0 aliphatic carbocycles. The number of hydrogen-bond donors (Lipinski definition) is 1. The first-order valence-corrected chi connectivity index (χ1v) is 7.66. The Hall–Kier alpha value is -1.60. The molecular formula is C12H12N4OS2. The van der Waals surface area contributed by atoms with Gasteiger partial charge in [-0.3, -0.25) is 4.57 Å². The standard InChI is InChI=1S/C12H12N4OS2/c1-2-16-11(17)13-14-12(16)18-7-9-8-5-3-4-6-10(8)19-15-9/h3-6H,2,7H2,1H3,(H,13,17). The average molecular weight is 292 g/mol. The molecule has 0 spiro atoms. The molecule has 0 aliphatic rings. The second kappa shape index (κ2) is 5.18. The summed E-state index contributed by atoms with van der Waals surface area (Å²) >= 11 is 3.03. The lowest BCUT2D eigenvalue weighted by Crippen LogP contribution is -2.16. The molecule has 19 heavy (non-hydrogen) atoms. The number of benzene rings is 1. The summed E-state index contributed by atoms with van der Waals surface area (Å²) in [7, 11) is 0. The molecule has 1 N–H and O–H groups in total. The maximum atomic E-state index is 11.5. The molecule has 3 aromatic rings. The zero-order valence-corrected chi connectivity index (χ0v) is 11.9. The van der Waals surface area contributed by atoms with Crippen LogP contribution in [0.25, 0.3) is 10.1 Å². The normalized spacial score (nSPS) is 11.2. The number of thioether (sulfide) groups is 1. The fourth-order valence-electron chi connectivity index (χ4n) is 1.87. The minimum Gasteiger partial charge on any atom is -0.270 e. The van der Waals surface area contributed by atoms with E-state index >= 15 is 0 Å². The van der Waals surface area contributed by atoms with Crippen molar-refractivity contribution in [3.05, 3.63) is 40.4 Å². The van der Waals surface area contributed by atoms with Gasteiger partial charge in [0, 0.05) is 17.7 Å². The number of H-pyrrole nitrogens is 1. The van der Waals surface area contributed by atoms with Crippen LogP contribution in [-0.2, 0) is 12.3 Å². The van der Waals surface area contributed by atoms with E-state index < -0.39 is 0 Å². The minimum absolute atomic E-state index is 0.159. The molecule has 0 bridgehead atoms. The molecule has 0 aliphatic heterocycles. The molecule has 5 nitrogen and oxygen atoms in total. The Labute approximate surface area is 117 Å². The highest BCUT2D eigenvalue weighted by Gasteiger charge is 2.10. The lowest BCUT2D eigenvalue weighted by molar-refractivity contribution is 0.660. The third-order valence-corrected chi connectivity index (χ3v) is 4.68. The fourth-order valence-corrected chi connectivity index (χ4v) is 3.71. The van der Waals surface area contributed by atoms with E-state index in [1.807, 2.05) is 19.1 Å². The van der Waals surface area contributed by atoms with Gasteiger partial charge >= 0.3 is 5.69 Å². The number of rotatable bonds is 4. The molecule has 0 amide bonds. The molecule has 0 atom stereocenters. The van der Waals surface area contributed by atoms with Crippen molar-refractivity contribution >= 4 is 33.4 Å². The lowest BCUT2D eigenvalue weighted by atomic mass is 10.2. The number of hydrogen-bond acceptors (Lipinski definition) is 5. The van der Waals surface area contributed by atoms with Crippen molar-refractivity contribution in [2.24, 2.45) is 0 Å². The van der Waals surface area contributed by atoms with Gasteiger partial charge in [0.25, 0.3) is 0 Å². The van der Waals surface area contributed by atoms with E-state index in [9.17, 15) is 4.79 Å². The first-order chi connectivity index (χ1) is 9.29. The average Bonchev–Trinajstić information content (AvgIpc) is 3.00. The quantitative estimate of drug-likeness (QED) is 0.750. The van der Waals surface area contributed by atoms with E-state index in [-0.39, 0.29) is 5.69 Å². The first-order valence-electron chi connectivity index (χ1n) is 5.91. The fraction of sp³-hybridized carbons (Fsp3) is 0.250. The van der Waals surface area contributed by atoms with Crippen molar-refractivity contribution < 1.29 is 0 Å². The molecule has 0 radical (unpaired) electrons. The van der Waals surface area contributed by atoms with Crippen molar-refractivity contribution in [1.82, 2.24) is 19.1 Å². The van der Waals surface area contributed by atoms with Crippen LogP contribution in [-0.4, -0.2) is 19.1 Å². The second-order valence-electron chi connectivity index (χ2n) is 3.97. The van der Waals surface area contributed by atoms with Gasteiger partial charge in [-0.25, -0.2) is 9.89 Å². The second-order valence-corrected chi connectivity index (χ2v) is 5.72. The molecule has 7 heteroatoms. The summed E-state index contributed by atoms with van der Waals surface area (Å²) in [5, 5.41) is 8.40. The SMILES string of the molecule is CCn1c(SCc2nsc3ccccc23)n[nH]c1=O. The van der Waals surface area contributed by atoms with E-state index in [1.54, 1.807) is 4.57 Å². The Morgan fingerprint density at radius 2 is 2.26 bits per heavy atom. The third kappa shape index (κ3) is 2.31. The predicted molar refractivity (Wildman–Crippen MR) is 77.7 cm³/mol. The Morgan fingerprint density at radius 1 is 1.42 bits per heavy atom.